The van der Waals surface area contributed by atoms with Gasteiger partial charge < -0.3 is 4.90 Å². The van der Waals surface area contributed by atoms with Crippen molar-refractivity contribution in [1.82, 2.24) is 4.90 Å². The minimum Gasteiger partial charge on any atom is -0.347 e. The second kappa shape index (κ2) is 3.06. The van der Waals surface area contributed by atoms with Crippen LogP contribution in [0.5, 0.6) is 0 Å². The summed E-state index contributed by atoms with van der Waals surface area (Å²) in [5.41, 5.74) is 0. The number of hydrogen-bond donors (Lipinski definition) is 0. The summed E-state index contributed by atoms with van der Waals surface area (Å²) in [6.45, 7) is 0. The lowest BCUT2D eigenvalue weighted by molar-refractivity contribution is -0.127. The van der Waals surface area contributed by atoms with Crippen molar-refractivity contribution in [3.05, 3.63) is 0 Å². The van der Waals surface area contributed by atoms with E-state index in [4.69, 9.17) is 5.26 Å². The highest BCUT2D eigenvalue weighted by Crippen LogP contribution is 2.13. The fourth-order valence-corrected chi connectivity index (χ4v) is 0.822. The first-order chi connectivity index (χ1) is 4.41. The molecule has 0 bridgehead atoms. The van der Waals surface area contributed by atoms with E-state index in [-0.39, 0.29) is 5.91 Å². The van der Waals surface area contributed by atoms with Crippen LogP contribution < -0.4 is 0 Å². The van der Waals surface area contributed by atoms with E-state index < -0.39 is 4.22 Å². The minimum absolute atomic E-state index is 0.241. The van der Waals surface area contributed by atoms with Crippen molar-refractivity contribution in [2.24, 2.45) is 0 Å². The molecular weight excluding hydrogens is 195 g/mol. The predicted molar refractivity (Wildman–Crippen MR) is 44.5 cm³/mol. The van der Waals surface area contributed by atoms with Crippen LogP contribution in [0.25, 0.3) is 0 Å². The monoisotopic (exact) mass is 202 g/mol. The fraction of sp³-hybridized carbons (Fsp3) is 0.600. The third-order valence-corrected chi connectivity index (χ3v) is 1.53. The molecule has 0 saturated heterocycles. The van der Waals surface area contributed by atoms with E-state index in [0.717, 1.165) is 0 Å². The first-order valence-corrected chi connectivity index (χ1v) is 3.53. The summed E-state index contributed by atoms with van der Waals surface area (Å²) < 4.78 is -1.07. The molecule has 0 fully saturated rings. The number of carbonyl (C=O) groups is 1. The quantitative estimate of drug-likeness (QED) is 0.418. The van der Waals surface area contributed by atoms with Crippen molar-refractivity contribution in [1.29, 1.82) is 5.26 Å². The molecule has 3 nitrogen and oxygen atoms in total. The molecule has 0 saturated carbocycles. The van der Waals surface area contributed by atoms with Crippen LogP contribution in [-0.4, -0.2) is 37.0 Å². The molecule has 0 aliphatic carbocycles. The minimum atomic E-state index is -1.07. The number of rotatable bonds is 1. The molecule has 0 aromatic rings. The summed E-state index contributed by atoms with van der Waals surface area (Å²) >= 11 is 2.99. The Labute approximate surface area is 69.5 Å². The molecule has 0 N–H and O–H groups in total. The molecule has 0 aromatic carbocycles. The van der Waals surface area contributed by atoms with E-state index in [1.165, 1.54) is 12.7 Å². The Hall–Kier alpha value is -0.495. The van der Waals surface area contributed by atoms with E-state index >= 15 is 0 Å². The lowest BCUT2D eigenvalue weighted by Crippen LogP contribution is -2.40. The molecule has 1 unspecified atom stereocenters. The van der Waals surface area contributed by atoms with Crippen molar-refractivity contribution < 1.29 is 4.79 Å². The fourth-order valence-electron chi connectivity index (χ4n) is 0.468. The third-order valence-electron chi connectivity index (χ3n) is 1.02. The standard InChI is InChI=1S/C5H8BBrN2O/c1-9(2)4(10)5(6,7)3-8/h6H2,1-2H3. The largest absolute Gasteiger partial charge is 0.347 e. The van der Waals surface area contributed by atoms with Gasteiger partial charge in [0.25, 0.3) is 0 Å². The Balaban J connectivity index is 4.38. The maximum absolute atomic E-state index is 11.1. The van der Waals surface area contributed by atoms with Crippen LogP contribution in [0, 0.1) is 11.3 Å². The molecule has 54 valence electrons. The van der Waals surface area contributed by atoms with Gasteiger partial charge in [-0.15, -0.1) is 0 Å². The van der Waals surface area contributed by atoms with E-state index in [0.29, 0.717) is 0 Å². The molecule has 0 radical (unpaired) electrons. The van der Waals surface area contributed by atoms with Crippen molar-refractivity contribution in [3.63, 3.8) is 0 Å². The maximum Gasteiger partial charge on any atom is 0.244 e. The normalized spacial score (nSPS) is 15.0. The maximum atomic E-state index is 11.1. The molecule has 0 aliphatic rings. The summed E-state index contributed by atoms with van der Waals surface area (Å²) in [6, 6.07) is 1.85. The molecule has 0 aliphatic heterocycles. The van der Waals surface area contributed by atoms with Gasteiger partial charge in [0.15, 0.2) is 12.1 Å². The van der Waals surface area contributed by atoms with Crippen LogP contribution in [0.15, 0.2) is 0 Å². The van der Waals surface area contributed by atoms with Crippen LogP contribution in [0.2, 0.25) is 0 Å². The molecule has 1 amide bonds. The zero-order valence-corrected chi connectivity index (χ0v) is 7.77. The van der Waals surface area contributed by atoms with Gasteiger partial charge in [-0.05, 0) is 0 Å². The highest BCUT2D eigenvalue weighted by molar-refractivity contribution is 9.11. The van der Waals surface area contributed by atoms with Crippen LogP contribution in [0.1, 0.15) is 0 Å². The van der Waals surface area contributed by atoms with Crippen LogP contribution in [0.4, 0.5) is 0 Å². The Morgan fingerprint density at radius 3 is 2.30 bits per heavy atom. The van der Waals surface area contributed by atoms with Gasteiger partial charge in [0, 0.05) is 14.1 Å². The third kappa shape index (κ3) is 2.03. The van der Waals surface area contributed by atoms with Gasteiger partial charge in [-0.1, -0.05) is 15.9 Å². The van der Waals surface area contributed by atoms with E-state index in [9.17, 15) is 4.79 Å². The Morgan fingerprint density at radius 2 is 2.20 bits per heavy atom. The van der Waals surface area contributed by atoms with Gasteiger partial charge in [-0.3, -0.25) is 4.79 Å². The van der Waals surface area contributed by atoms with Gasteiger partial charge in [0.1, 0.15) is 0 Å². The summed E-state index contributed by atoms with van der Waals surface area (Å²) in [5, 5.41) is 8.47. The Bertz CT molecular complexity index is 185. The average Bonchev–Trinajstić information content (AvgIpc) is 1.86. The predicted octanol–water partition coefficient (Wildman–Crippen LogP) is -0.678. The number of nitrogens with zero attached hydrogens (tertiary/aromatic N) is 2. The molecule has 0 heterocycles. The van der Waals surface area contributed by atoms with Crippen LogP contribution >= 0.6 is 15.9 Å². The smallest absolute Gasteiger partial charge is 0.244 e. The Kier molecular flexibility index (Phi) is 2.91. The summed E-state index contributed by atoms with van der Waals surface area (Å²) in [7, 11) is 4.74. The van der Waals surface area contributed by atoms with Gasteiger partial charge in [-0.2, -0.15) is 5.26 Å². The molecule has 0 rings (SSSR count). The highest BCUT2D eigenvalue weighted by atomic mass is 79.9. The van der Waals surface area contributed by atoms with Crippen molar-refractivity contribution >= 4 is 29.7 Å². The molecule has 0 spiro atoms. The highest BCUT2D eigenvalue weighted by Gasteiger charge is 2.30. The molecular formula is C5H8BBrN2O. The Morgan fingerprint density at radius 1 is 1.80 bits per heavy atom. The van der Waals surface area contributed by atoms with Crippen molar-refractivity contribution in [2.45, 2.75) is 4.22 Å². The summed E-state index contributed by atoms with van der Waals surface area (Å²) in [6.07, 6.45) is 0. The van der Waals surface area contributed by atoms with Crippen LogP contribution in [0.3, 0.4) is 0 Å². The molecule has 1 atom stereocenters. The van der Waals surface area contributed by atoms with Gasteiger partial charge in [0.05, 0.1) is 6.07 Å². The second-order valence-corrected chi connectivity index (χ2v) is 3.90. The molecule has 0 aromatic heterocycles. The van der Waals surface area contributed by atoms with Gasteiger partial charge in [-0.25, -0.2) is 0 Å². The van der Waals surface area contributed by atoms with E-state index in [1.54, 1.807) is 14.1 Å². The zero-order valence-electron chi connectivity index (χ0n) is 6.18. The average molecular weight is 203 g/mol. The molecule has 5 heteroatoms. The lowest BCUT2D eigenvalue weighted by atomic mass is 9.87. The number of hydrogen-bond acceptors (Lipinski definition) is 2. The van der Waals surface area contributed by atoms with Gasteiger partial charge in [0.2, 0.25) is 5.91 Å². The number of amides is 1. The SMILES string of the molecule is BC(Br)(C#N)C(=O)N(C)C. The number of carbonyl (C=O) groups excluding carboxylic acids is 1. The lowest BCUT2D eigenvalue weighted by Gasteiger charge is -2.17. The van der Waals surface area contributed by atoms with Gasteiger partial charge >= 0.3 is 0 Å². The topological polar surface area (TPSA) is 44.1 Å². The van der Waals surface area contributed by atoms with Crippen LogP contribution in [-0.2, 0) is 4.79 Å². The van der Waals surface area contributed by atoms with Crippen molar-refractivity contribution in [2.75, 3.05) is 14.1 Å². The first kappa shape index (κ1) is 9.50. The van der Waals surface area contributed by atoms with E-state index in [2.05, 4.69) is 15.9 Å². The number of alkyl halides is 1. The first-order valence-electron chi connectivity index (χ1n) is 2.73. The summed E-state index contributed by atoms with van der Waals surface area (Å²) in [5.74, 6) is -0.241. The molecule has 10 heavy (non-hydrogen) atoms. The van der Waals surface area contributed by atoms with E-state index in [1.807, 2.05) is 6.07 Å². The number of nitriles is 1. The zero-order chi connectivity index (χ0) is 8.36. The second-order valence-electron chi connectivity index (χ2n) is 2.31. The van der Waals surface area contributed by atoms with Crippen molar-refractivity contribution in [3.8, 4) is 6.07 Å². The number of halogens is 1. The summed E-state index contributed by atoms with van der Waals surface area (Å²) in [4.78, 5) is 12.4.